The number of hydrogen-bond acceptors (Lipinski definition) is 6. The van der Waals surface area contributed by atoms with Crippen molar-refractivity contribution in [2.75, 3.05) is 5.32 Å². The van der Waals surface area contributed by atoms with Crippen LogP contribution in [-0.4, -0.2) is 44.9 Å². The van der Waals surface area contributed by atoms with Crippen molar-refractivity contribution in [3.8, 4) is 11.5 Å². The Labute approximate surface area is 190 Å². The number of anilines is 1. The van der Waals surface area contributed by atoms with Gasteiger partial charge in [-0.1, -0.05) is 37.1 Å². The minimum absolute atomic E-state index is 0.106. The zero-order valence-corrected chi connectivity index (χ0v) is 18.0. The predicted octanol–water partition coefficient (Wildman–Crippen LogP) is 2.00. The number of phenolic OH excluding ortho intramolecular Hbond substituents is 2. The van der Waals surface area contributed by atoms with Gasteiger partial charge in [-0.05, 0) is 43.0 Å². The van der Waals surface area contributed by atoms with Crippen molar-refractivity contribution in [3.05, 3.63) is 53.6 Å². The van der Waals surface area contributed by atoms with E-state index >= 15 is 0 Å². The van der Waals surface area contributed by atoms with E-state index in [-0.39, 0.29) is 35.3 Å². The van der Waals surface area contributed by atoms with Gasteiger partial charge in [-0.25, -0.2) is 0 Å². The Morgan fingerprint density at radius 1 is 0.970 bits per heavy atom. The fraction of sp³-hybridized carbons (Fsp3) is 0.400. The molecule has 2 aromatic carbocycles. The SMILES string of the molecule is O=C1[C@@H]2[C@@H](Cc3ccc(O)c(O)c3)N[C@@]3(C(=O)Nc4ccccc43)[C@H]2C(=O)N1C1CCCC1. The molecule has 8 nitrogen and oxygen atoms in total. The first-order valence-electron chi connectivity index (χ1n) is 11.5. The van der Waals surface area contributed by atoms with Crippen LogP contribution in [0.5, 0.6) is 11.5 Å². The molecule has 1 spiro atoms. The molecule has 3 fully saturated rings. The molecule has 2 aromatic rings. The van der Waals surface area contributed by atoms with Crippen molar-refractivity contribution < 1.29 is 24.6 Å². The molecule has 1 aliphatic carbocycles. The van der Waals surface area contributed by atoms with Gasteiger partial charge in [0.2, 0.25) is 17.7 Å². The van der Waals surface area contributed by atoms with Crippen LogP contribution >= 0.6 is 0 Å². The number of aromatic hydroxyl groups is 2. The summed E-state index contributed by atoms with van der Waals surface area (Å²) in [6.45, 7) is 0. The first-order chi connectivity index (χ1) is 15.9. The average molecular weight is 447 g/mol. The van der Waals surface area contributed by atoms with Gasteiger partial charge < -0.3 is 15.5 Å². The summed E-state index contributed by atoms with van der Waals surface area (Å²) >= 11 is 0. The predicted molar refractivity (Wildman–Crippen MR) is 118 cm³/mol. The van der Waals surface area contributed by atoms with Crippen LogP contribution in [0.4, 0.5) is 5.69 Å². The molecule has 3 amide bonds. The van der Waals surface area contributed by atoms with E-state index in [0.29, 0.717) is 23.2 Å². The lowest BCUT2D eigenvalue weighted by Crippen LogP contribution is -2.54. The first-order valence-corrected chi connectivity index (χ1v) is 11.5. The lowest BCUT2D eigenvalue weighted by molar-refractivity contribution is -0.145. The Bertz CT molecular complexity index is 1190. The number of carbonyl (C=O) groups excluding carboxylic acids is 3. The van der Waals surface area contributed by atoms with E-state index in [2.05, 4.69) is 10.6 Å². The van der Waals surface area contributed by atoms with E-state index < -0.39 is 23.4 Å². The summed E-state index contributed by atoms with van der Waals surface area (Å²) in [6, 6.07) is 11.2. The molecule has 33 heavy (non-hydrogen) atoms. The molecule has 4 N–H and O–H groups in total. The van der Waals surface area contributed by atoms with E-state index in [9.17, 15) is 24.6 Å². The number of phenols is 2. The van der Waals surface area contributed by atoms with Gasteiger partial charge in [0.05, 0.1) is 11.8 Å². The number of nitrogens with zero attached hydrogens (tertiary/aromatic N) is 1. The highest BCUT2D eigenvalue weighted by Gasteiger charge is 2.70. The molecular weight excluding hydrogens is 422 g/mol. The summed E-state index contributed by atoms with van der Waals surface area (Å²) in [6.07, 6.45) is 3.90. The van der Waals surface area contributed by atoms with Gasteiger partial charge in [0.15, 0.2) is 11.5 Å². The molecule has 1 saturated carbocycles. The van der Waals surface area contributed by atoms with E-state index in [1.807, 2.05) is 18.2 Å². The lowest BCUT2D eigenvalue weighted by Gasteiger charge is -2.31. The molecular formula is C25H25N3O5. The lowest BCUT2D eigenvalue weighted by atomic mass is 9.76. The number of amides is 3. The zero-order chi connectivity index (χ0) is 22.9. The van der Waals surface area contributed by atoms with E-state index in [1.54, 1.807) is 12.1 Å². The summed E-state index contributed by atoms with van der Waals surface area (Å²) < 4.78 is 0. The van der Waals surface area contributed by atoms with Crippen molar-refractivity contribution in [1.82, 2.24) is 10.2 Å². The molecule has 6 rings (SSSR count). The minimum atomic E-state index is -1.31. The van der Waals surface area contributed by atoms with Gasteiger partial charge >= 0.3 is 0 Å². The molecule has 4 atom stereocenters. The van der Waals surface area contributed by atoms with Gasteiger partial charge in [0, 0.05) is 23.3 Å². The Kier molecular flexibility index (Phi) is 4.32. The highest BCUT2D eigenvalue weighted by molar-refractivity contribution is 6.15. The van der Waals surface area contributed by atoms with Crippen molar-refractivity contribution in [2.24, 2.45) is 11.8 Å². The monoisotopic (exact) mass is 447 g/mol. The number of fused-ring (bicyclic) bond motifs is 4. The quantitative estimate of drug-likeness (QED) is 0.422. The second-order valence-corrected chi connectivity index (χ2v) is 9.57. The van der Waals surface area contributed by atoms with Crippen molar-refractivity contribution in [1.29, 1.82) is 0 Å². The molecule has 2 saturated heterocycles. The van der Waals surface area contributed by atoms with Gasteiger partial charge in [0.1, 0.15) is 5.54 Å². The summed E-state index contributed by atoms with van der Waals surface area (Å²) in [5.41, 5.74) is 0.724. The van der Waals surface area contributed by atoms with Gasteiger partial charge in [-0.2, -0.15) is 0 Å². The number of carbonyl (C=O) groups is 3. The molecule has 3 aliphatic heterocycles. The Hall–Kier alpha value is -3.39. The number of hydrogen-bond donors (Lipinski definition) is 4. The zero-order valence-electron chi connectivity index (χ0n) is 18.0. The van der Waals surface area contributed by atoms with Crippen molar-refractivity contribution in [3.63, 3.8) is 0 Å². The smallest absolute Gasteiger partial charge is 0.250 e. The molecule has 3 heterocycles. The van der Waals surface area contributed by atoms with E-state index in [4.69, 9.17) is 0 Å². The van der Waals surface area contributed by atoms with E-state index in [0.717, 1.165) is 25.7 Å². The van der Waals surface area contributed by atoms with Crippen LogP contribution in [0, 0.1) is 11.8 Å². The van der Waals surface area contributed by atoms with Crippen LogP contribution in [0.1, 0.15) is 36.8 Å². The number of likely N-dealkylation sites (tertiary alicyclic amines) is 1. The molecule has 170 valence electrons. The van der Waals surface area contributed by atoms with Crippen LogP contribution in [0.3, 0.4) is 0 Å². The van der Waals surface area contributed by atoms with Crippen LogP contribution < -0.4 is 10.6 Å². The number of rotatable bonds is 3. The molecule has 0 unspecified atom stereocenters. The maximum Gasteiger partial charge on any atom is 0.250 e. The Morgan fingerprint density at radius 2 is 1.73 bits per heavy atom. The Balaban J connectivity index is 1.46. The third-order valence-corrected chi connectivity index (χ3v) is 7.84. The second-order valence-electron chi connectivity index (χ2n) is 9.57. The number of para-hydroxylation sites is 1. The largest absolute Gasteiger partial charge is 0.504 e. The highest BCUT2D eigenvalue weighted by Crippen LogP contribution is 2.54. The molecule has 0 bridgehead atoms. The number of imide groups is 1. The van der Waals surface area contributed by atoms with E-state index in [1.165, 1.54) is 17.0 Å². The highest BCUT2D eigenvalue weighted by atomic mass is 16.3. The molecule has 0 radical (unpaired) electrons. The second kappa shape index (κ2) is 7.05. The standard InChI is InChI=1S/C25H25N3O5/c29-18-10-9-13(12-19(18)30)11-17-20-21(23(32)28(22(20)31)14-5-1-2-6-14)25(27-17)15-7-3-4-8-16(15)26-24(25)33/h3-4,7-10,12,14,17,20-21,27,29-30H,1-2,5-6,11H2,(H,26,33)/t17-,20-,21-,25-/m1/s1. The average Bonchev–Trinajstić information content (AvgIpc) is 3.53. The number of benzene rings is 2. The third kappa shape index (κ3) is 2.70. The van der Waals surface area contributed by atoms with Crippen molar-refractivity contribution in [2.45, 2.75) is 49.7 Å². The normalized spacial score (nSPS) is 30.8. The minimum Gasteiger partial charge on any atom is -0.504 e. The van der Waals surface area contributed by atoms with Crippen LogP contribution in [0.15, 0.2) is 42.5 Å². The van der Waals surface area contributed by atoms with Crippen molar-refractivity contribution >= 4 is 23.4 Å². The summed E-state index contributed by atoms with van der Waals surface area (Å²) in [4.78, 5) is 42.4. The first kappa shape index (κ1) is 20.2. The topological polar surface area (TPSA) is 119 Å². The third-order valence-electron chi connectivity index (χ3n) is 7.84. The molecule has 0 aromatic heterocycles. The summed E-state index contributed by atoms with van der Waals surface area (Å²) in [5.74, 6) is -2.79. The fourth-order valence-corrected chi connectivity index (χ4v) is 6.43. The van der Waals surface area contributed by atoms with Crippen LogP contribution in [0.25, 0.3) is 0 Å². The van der Waals surface area contributed by atoms with Crippen LogP contribution in [-0.2, 0) is 26.3 Å². The maximum absolute atomic E-state index is 13.8. The maximum atomic E-state index is 13.8. The van der Waals surface area contributed by atoms with Gasteiger partial charge in [-0.15, -0.1) is 0 Å². The van der Waals surface area contributed by atoms with Gasteiger partial charge in [0.25, 0.3) is 0 Å². The Morgan fingerprint density at radius 3 is 2.48 bits per heavy atom. The summed E-state index contributed by atoms with van der Waals surface area (Å²) in [5, 5.41) is 25.9. The van der Waals surface area contributed by atoms with Crippen LogP contribution in [0.2, 0.25) is 0 Å². The molecule has 8 heteroatoms. The fourth-order valence-electron chi connectivity index (χ4n) is 6.43. The number of nitrogens with one attached hydrogen (secondary N) is 2. The molecule has 4 aliphatic rings. The summed E-state index contributed by atoms with van der Waals surface area (Å²) in [7, 11) is 0. The van der Waals surface area contributed by atoms with Gasteiger partial charge in [-0.3, -0.25) is 24.6 Å².